The van der Waals surface area contributed by atoms with Crippen LogP contribution in [0.3, 0.4) is 0 Å². The minimum Gasteiger partial charge on any atom is -0.384 e. The molecule has 0 saturated carbocycles. The molecule has 2 aromatic rings. The van der Waals surface area contributed by atoms with E-state index in [1.807, 2.05) is 31.2 Å². The van der Waals surface area contributed by atoms with Crippen LogP contribution in [-0.2, 0) is 6.42 Å². The zero-order valence-electron chi connectivity index (χ0n) is 8.94. The third-order valence-electron chi connectivity index (χ3n) is 2.23. The fourth-order valence-corrected chi connectivity index (χ4v) is 1.75. The summed E-state index contributed by atoms with van der Waals surface area (Å²) in [6.45, 7) is 1.90. The summed E-state index contributed by atoms with van der Waals surface area (Å²) in [5.41, 5.74) is 7.55. The fraction of sp³-hybridized carbons (Fsp3) is 0.167. The van der Waals surface area contributed by atoms with E-state index in [0.717, 1.165) is 16.3 Å². The third kappa shape index (κ3) is 2.49. The molecule has 0 saturated heterocycles. The minimum atomic E-state index is 0.495. The highest BCUT2D eigenvalue weighted by Gasteiger charge is 2.04. The van der Waals surface area contributed by atoms with Crippen LogP contribution in [0.15, 0.2) is 30.3 Å². The summed E-state index contributed by atoms with van der Waals surface area (Å²) in [6.07, 6.45) is 0.603. The Morgan fingerprint density at radius 1 is 1.25 bits per heavy atom. The molecule has 0 fully saturated rings. The molecule has 82 valence electrons. The zero-order valence-corrected chi connectivity index (χ0v) is 9.70. The van der Waals surface area contributed by atoms with Crippen molar-refractivity contribution < 1.29 is 0 Å². The average Bonchev–Trinajstić information content (AvgIpc) is 2.20. The van der Waals surface area contributed by atoms with Gasteiger partial charge in [-0.3, -0.25) is 0 Å². The number of halogens is 1. The standard InChI is InChI=1S/C12H12ClN3/c1-8-6-11(14)16-12(15-8)7-9-4-2-3-5-10(9)13/h2-6H,7H2,1H3,(H2,14,15,16). The van der Waals surface area contributed by atoms with Gasteiger partial charge in [0.1, 0.15) is 11.6 Å². The van der Waals surface area contributed by atoms with Gasteiger partial charge >= 0.3 is 0 Å². The fourth-order valence-electron chi connectivity index (χ4n) is 1.55. The maximum absolute atomic E-state index is 6.07. The largest absolute Gasteiger partial charge is 0.384 e. The van der Waals surface area contributed by atoms with Gasteiger partial charge in [0.25, 0.3) is 0 Å². The molecule has 0 spiro atoms. The molecule has 2 rings (SSSR count). The number of hydrogen-bond acceptors (Lipinski definition) is 3. The second kappa shape index (κ2) is 4.49. The van der Waals surface area contributed by atoms with E-state index in [1.165, 1.54) is 0 Å². The van der Waals surface area contributed by atoms with Crippen molar-refractivity contribution in [3.8, 4) is 0 Å². The smallest absolute Gasteiger partial charge is 0.135 e. The van der Waals surface area contributed by atoms with E-state index in [2.05, 4.69) is 9.97 Å². The summed E-state index contributed by atoms with van der Waals surface area (Å²) in [4.78, 5) is 8.50. The molecule has 1 heterocycles. The molecule has 0 bridgehead atoms. The number of anilines is 1. The molecular weight excluding hydrogens is 222 g/mol. The van der Waals surface area contributed by atoms with E-state index in [9.17, 15) is 0 Å². The Bertz CT molecular complexity index is 491. The first-order valence-electron chi connectivity index (χ1n) is 4.98. The van der Waals surface area contributed by atoms with Crippen molar-refractivity contribution in [3.63, 3.8) is 0 Å². The quantitative estimate of drug-likeness (QED) is 0.868. The lowest BCUT2D eigenvalue weighted by Crippen LogP contribution is -2.02. The third-order valence-corrected chi connectivity index (χ3v) is 2.60. The number of benzene rings is 1. The van der Waals surface area contributed by atoms with Crippen LogP contribution in [0.2, 0.25) is 5.02 Å². The molecule has 1 aromatic heterocycles. The van der Waals surface area contributed by atoms with Crippen molar-refractivity contribution >= 4 is 17.4 Å². The van der Waals surface area contributed by atoms with Crippen LogP contribution in [0.5, 0.6) is 0 Å². The maximum Gasteiger partial charge on any atom is 0.135 e. The monoisotopic (exact) mass is 233 g/mol. The molecule has 0 atom stereocenters. The van der Waals surface area contributed by atoms with Gasteiger partial charge in [0.2, 0.25) is 0 Å². The number of nitrogens with zero attached hydrogens (tertiary/aromatic N) is 2. The highest BCUT2D eigenvalue weighted by Crippen LogP contribution is 2.17. The predicted octanol–water partition coefficient (Wildman–Crippen LogP) is 2.61. The van der Waals surface area contributed by atoms with E-state index >= 15 is 0 Å². The van der Waals surface area contributed by atoms with Crippen molar-refractivity contribution in [1.29, 1.82) is 0 Å². The van der Waals surface area contributed by atoms with E-state index in [-0.39, 0.29) is 0 Å². The van der Waals surface area contributed by atoms with E-state index < -0.39 is 0 Å². The molecule has 3 nitrogen and oxygen atoms in total. The Balaban J connectivity index is 2.30. The van der Waals surface area contributed by atoms with Crippen LogP contribution in [0.25, 0.3) is 0 Å². The van der Waals surface area contributed by atoms with Gasteiger partial charge in [-0.15, -0.1) is 0 Å². The molecule has 0 aliphatic carbocycles. The molecule has 0 unspecified atom stereocenters. The Hall–Kier alpha value is -1.61. The van der Waals surface area contributed by atoms with Crippen molar-refractivity contribution in [1.82, 2.24) is 9.97 Å². The van der Waals surface area contributed by atoms with Crippen LogP contribution in [0, 0.1) is 6.92 Å². The lowest BCUT2D eigenvalue weighted by atomic mass is 10.1. The number of nitrogen functional groups attached to an aromatic ring is 1. The first-order valence-corrected chi connectivity index (χ1v) is 5.36. The normalized spacial score (nSPS) is 10.4. The molecule has 0 aliphatic heterocycles. The molecule has 1 aromatic carbocycles. The highest BCUT2D eigenvalue weighted by molar-refractivity contribution is 6.31. The molecular formula is C12H12ClN3. The predicted molar refractivity (Wildman–Crippen MR) is 65.4 cm³/mol. The molecule has 0 radical (unpaired) electrons. The van der Waals surface area contributed by atoms with Gasteiger partial charge in [-0.05, 0) is 18.6 Å². The number of hydrogen-bond donors (Lipinski definition) is 1. The maximum atomic E-state index is 6.07. The summed E-state index contributed by atoms with van der Waals surface area (Å²) < 4.78 is 0. The van der Waals surface area contributed by atoms with Crippen LogP contribution in [0.4, 0.5) is 5.82 Å². The summed E-state index contributed by atoms with van der Waals surface area (Å²) in [7, 11) is 0. The van der Waals surface area contributed by atoms with E-state index in [4.69, 9.17) is 17.3 Å². The van der Waals surface area contributed by atoms with Crippen molar-refractivity contribution in [2.75, 3.05) is 5.73 Å². The Morgan fingerprint density at radius 3 is 2.69 bits per heavy atom. The molecule has 16 heavy (non-hydrogen) atoms. The number of nitrogens with two attached hydrogens (primary N) is 1. The van der Waals surface area contributed by atoms with Crippen LogP contribution >= 0.6 is 11.6 Å². The zero-order chi connectivity index (χ0) is 11.5. The SMILES string of the molecule is Cc1cc(N)nc(Cc2ccccc2Cl)n1. The van der Waals surface area contributed by atoms with E-state index in [0.29, 0.717) is 18.1 Å². The molecule has 4 heteroatoms. The van der Waals surface area contributed by atoms with Crippen LogP contribution < -0.4 is 5.73 Å². The van der Waals surface area contributed by atoms with Gasteiger partial charge in [0.05, 0.1) is 0 Å². The second-order valence-corrected chi connectivity index (χ2v) is 4.03. The minimum absolute atomic E-state index is 0.495. The average molecular weight is 234 g/mol. The van der Waals surface area contributed by atoms with Crippen LogP contribution in [0.1, 0.15) is 17.1 Å². The van der Waals surface area contributed by atoms with Crippen molar-refractivity contribution in [2.24, 2.45) is 0 Å². The van der Waals surface area contributed by atoms with Crippen molar-refractivity contribution in [3.05, 3.63) is 52.4 Å². The van der Waals surface area contributed by atoms with Gasteiger partial charge in [-0.1, -0.05) is 29.8 Å². The Kier molecular flexibility index (Phi) is 3.06. The molecule has 0 aliphatic rings. The topological polar surface area (TPSA) is 51.8 Å². The van der Waals surface area contributed by atoms with E-state index in [1.54, 1.807) is 6.07 Å². The van der Waals surface area contributed by atoms with Gasteiger partial charge in [0.15, 0.2) is 0 Å². The number of aromatic nitrogens is 2. The van der Waals surface area contributed by atoms with Gasteiger partial charge < -0.3 is 5.73 Å². The first-order chi connectivity index (χ1) is 7.65. The molecule has 2 N–H and O–H groups in total. The summed E-state index contributed by atoms with van der Waals surface area (Å²) in [6, 6.07) is 9.41. The van der Waals surface area contributed by atoms with Crippen LogP contribution in [-0.4, -0.2) is 9.97 Å². The van der Waals surface area contributed by atoms with Gasteiger partial charge in [-0.25, -0.2) is 9.97 Å². The first kappa shape index (κ1) is 10.9. The summed E-state index contributed by atoms with van der Waals surface area (Å²) >= 11 is 6.07. The molecule has 0 amide bonds. The number of rotatable bonds is 2. The summed E-state index contributed by atoms with van der Waals surface area (Å²) in [5.74, 6) is 1.19. The summed E-state index contributed by atoms with van der Waals surface area (Å²) in [5, 5.41) is 0.728. The highest BCUT2D eigenvalue weighted by atomic mass is 35.5. The van der Waals surface area contributed by atoms with Crippen molar-refractivity contribution in [2.45, 2.75) is 13.3 Å². The lowest BCUT2D eigenvalue weighted by Gasteiger charge is -2.04. The Morgan fingerprint density at radius 2 is 2.00 bits per heavy atom. The number of aryl methyl sites for hydroxylation is 1. The van der Waals surface area contributed by atoms with Gasteiger partial charge in [0, 0.05) is 23.2 Å². The Labute approximate surface area is 99.3 Å². The second-order valence-electron chi connectivity index (χ2n) is 3.62. The van der Waals surface area contributed by atoms with Gasteiger partial charge in [-0.2, -0.15) is 0 Å². The lowest BCUT2D eigenvalue weighted by molar-refractivity contribution is 0.949.